The van der Waals surface area contributed by atoms with E-state index in [4.69, 9.17) is 5.73 Å². The van der Waals surface area contributed by atoms with Gasteiger partial charge in [0.05, 0.1) is 5.69 Å². The van der Waals surface area contributed by atoms with Crippen molar-refractivity contribution in [3.05, 3.63) is 29.6 Å². The van der Waals surface area contributed by atoms with Crippen molar-refractivity contribution in [3.63, 3.8) is 0 Å². The minimum absolute atomic E-state index is 0.0860. The number of amides is 1. The molecule has 1 rings (SSSR count). The number of nitrogens with one attached hydrogen (secondary N) is 1. The van der Waals surface area contributed by atoms with E-state index in [9.17, 15) is 4.79 Å². The van der Waals surface area contributed by atoms with Crippen molar-refractivity contribution >= 4 is 5.91 Å². The summed E-state index contributed by atoms with van der Waals surface area (Å²) in [5.41, 5.74) is 6.76. The van der Waals surface area contributed by atoms with Crippen molar-refractivity contribution in [1.29, 1.82) is 0 Å². The van der Waals surface area contributed by atoms with E-state index in [0.29, 0.717) is 12.1 Å². The second-order valence-electron chi connectivity index (χ2n) is 3.37. The topological polar surface area (TPSA) is 68.0 Å². The molecule has 0 aliphatic rings. The number of rotatable bonds is 3. The van der Waals surface area contributed by atoms with Crippen LogP contribution in [0.5, 0.6) is 0 Å². The van der Waals surface area contributed by atoms with Gasteiger partial charge in [-0.25, -0.2) is 0 Å². The van der Waals surface area contributed by atoms with Crippen LogP contribution >= 0.6 is 0 Å². The van der Waals surface area contributed by atoms with Crippen LogP contribution in [0.15, 0.2) is 18.3 Å². The number of nitrogens with two attached hydrogens (primary N) is 1. The molecule has 0 bridgehead atoms. The van der Waals surface area contributed by atoms with Gasteiger partial charge in [0.2, 0.25) is 0 Å². The Labute approximate surface area is 83.5 Å². The van der Waals surface area contributed by atoms with Crippen LogP contribution in [0.1, 0.15) is 29.9 Å². The fourth-order valence-corrected chi connectivity index (χ4v) is 1.08. The van der Waals surface area contributed by atoms with Gasteiger partial charge in [-0.15, -0.1) is 0 Å². The van der Waals surface area contributed by atoms with Crippen LogP contribution in [0.25, 0.3) is 0 Å². The van der Waals surface area contributed by atoms with Gasteiger partial charge < -0.3 is 11.1 Å². The van der Waals surface area contributed by atoms with Crippen LogP contribution in [0.2, 0.25) is 0 Å². The SMILES string of the molecule is CC(C)NC(=O)c1ccnc(CN)c1. The third-order valence-corrected chi connectivity index (χ3v) is 1.71. The highest BCUT2D eigenvalue weighted by molar-refractivity contribution is 5.94. The molecule has 0 spiro atoms. The average Bonchev–Trinajstić information content (AvgIpc) is 2.17. The Kier molecular flexibility index (Phi) is 3.59. The number of hydrogen-bond donors (Lipinski definition) is 2. The van der Waals surface area contributed by atoms with E-state index in [2.05, 4.69) is 10.3 Å². The lowest BCUT2D eigenvalue weighted by atomic mass is 10.2. The molecule has 0 saturated heterocycles. The lowest BCUT2D eigenvalue weighted by molar-refractivity contribution is 0.0943. The van der Waals surface area contributed by atoms with E-state index in [1.54, 1.807) is 18.3 Å². The number of pyridine rings is 1. The van der Waals surface area contributed by atoms with Gasteiger partial charge in [0.25, 0.3) is 5.91 Å². The lowest BCUT2D eigenvalue weighted by Crippen LogP contribution is -2.30. The third kappa shape index (κ3) is 2.81. The van der Waals surface area contributed by atoms with Crippen molar-refractivity contribution in [3.8, 4) is 0 Å². The molecule has 0 fully saturated rings. The van der Waals surface area contributed by atoms with Gasteiger partial charge in [-0.05, 0) is 26.0 Å². The minimum Gasteiger partial charge on any atom is -0.350 e. The van der Waals surface area contributed by atoms with Gasteiger partial charge >= 0.3 is 0 Å². The Balaban J connectivity index is 2.79. The van der Waals surface area contributed by atoms with Gasteiger partial charge in [-0.2, -0.15) is 0 Å². The van der Waals surface area contributed by atoms with E-state index in [-0.39, 0.29) is 11.9 Å². The summed E-state index contributed by atoms with van der Waals surface area (Å²) >= 11 is 0. The van der Waals surface area contributed by atoms with Crippen LogP contribution in [-0.2, 0) is 6.54 Å². The maximum absolute atomic E-state index is 11.5. The fourth-order valence-electron chi connectivity index (χ4n) is 1.08. The summed E-state index contributed by atoms with van der Waals surface area (Å²) in [6, 6.07) is 3.52. The van der Waals surface area contributed by atoms with Crippen molar-refractivity contribution in [1.82, 2.24) is 10.3 Å². The Morgan fingerprint density at radius 1 is 1.64 bits per heavy atom. The second kappa shape index (κ2) is 4.72. The molecule has 0 saturated carbocycles. The Morgan fingerprint density at radius 2 is 2.36 bits per heavy atom. The van der Waals surface area contributed by atoms with E-state index in [0.717, 1.165) is 5.69 Å². The maximum atomic E-state index is 11.5. The molecule has 0 radical (unpaired) electrons. The zero-order valence-corrected chi connectivity index (χ0v) is 8.45. The largest absolute Gasteiger partial charge is 0.350 e. The number of hydrogen-bond acceptors (Lipinski definition) is 3. The minimum atomic E-state index is -0.0860. The molecule has 14 heavy (non-hydrogen) atoms. The first-order valence-corrected chi connectivity index (χ1v) is 4.59. The highest BCUT2D eigenvalue weighted by Crippen LogP contribution is 2.01. The summed E-state index contributed by atoms with van der Waals surface area (Å²) in [6.45, 7) is 4.19. The summed E-state index contributed by atoms with van der Waals surface area (Å²) in [7, 11) is 0. The summed E-state index contributed by atoms with van der Waals surface area (Å²) in [4.78, 5) is 15.6. The second-order valence-corrected chi connectivity index (χ2v) is 3.37. The first-order valence-electron chi connectivity index (χ1n) is 4.59. The summed E-state index contributed by atoms with van der Waals surface area (Å²) in [6.07, 6.45) is 1.59. The number of carbonyl (C=O) groups excluding carboxylic acids is 1. The van der Waals surface area contributed by atoms with Crippen molar-refractivity contribution in [2.75, 3.05) is 0 Å². The first-order chi connectivity index (χ1) is 6.63. The van der Waals surface area contributed by atoms with Crippen LogP contribution in [-0.4, -0.2) is 16.9 Å². The van der Waals surface area contributed by atoms with Crippen molar-refractivity contribution < 1.29 is 4.79 Å². The quantitative estimate of drug-likeness (QED) is 0.741. The molecule has 0 aliphatic carbocycles. The Hall–Kier alpha value is -1.42. The van der Waals surface area contributed by atoms with E-state index in [1.807, 2.05) is 13.8 Å². The van der Waals surface area contributed by atoms with Crippen molar-refractivity contribution in [2.24, 2.45) is 5.73 Å². The third-order valence-electron chi connectivity index (χ3n) is 1.71. The standard InChI is InChI=1S/C10H15N3O/c1-7(2)13-10(14)8-3-4-12-9(5-8)6-11/h3-5,7H,6,11H2,1-2H3,(H,13,14). The molecule has 0 aromatic carbocycles. The van der Waals surface area contributed by atoms with Gasteiger partial charge in [0.15, 0.2) is 0 Å². The summed E-state index contributed by atoms with van der Waals surface area (Å²) in [5, 5.41) is 2.80. The Morgan fingerprint density at radius 3 is 2.93 bits per heavy atom. The molecular weight excluding hydrogens is 178 g/mol. The first kappa shape index (κ1) is 10.7. The smallest absolute Gasteiger partial charge is 0.251 e. The molecule has 76 valence electrons. The van der Waals surface area contributed by atoms with E-state index >= 15 is 0 Å². The molecule has 3 N–H and O–H groups in total. The fraction of sp³-hybridized carbons (Fsp3) is 0.400. The van der Waals surface area contributed by atoms with Gasteiger partial charge in [-0.1, -0.05) is 0 Å². The van der Waals surface area contributed by atoms with Gasteiger partial charge in [-0.3, -0.25) is 9.78 Å². The normalized spacial score (nSPS) is 10.3. The summed E-state index contributed by atoms with van der Waals surface area (Å²) < 4.78 is 0. The van der Waals surface area contributed by atoms with Crippen molar-refractivity contribution in [2.45, 2.75) is 26.4 Å². The molecule has 0 aliphatic heterocycles. The highest BCUT2D eigenvalue weighted by Gasteiger charge is 2.06. The molecule has 1 aromatic heterocycles. The average molecular weight is 193 g/mol. The monoisotopic (exact) mass is 193 g/mol. The van der Waals surface area contributed by atoms with Gasteiger partial charge in [0.1, 0.15) is 0 Å². The zero-order valence-electron chi connectivity index (χ0n) is 8.45. The van der Waals surface area contributed by atoms with E-state index in [1.165, 1.54) is 0 Å². The van der Waals surface area contributed by atoms with Crippen LogP contribution in [0.4, 0.5) is 0 Å². The van der Waals surface area contributed by atoms with Crippen LogP contribution in [0.3, 0.4) is 0 Å². The number of aromatic nitrogens is 1. The molecule has 0 atom stereocenters. The molecule has 4 nitrogen and oxygen atoms in total. The van der Waals surface area contributed by atoms with Gasteiger partial charge in [0, 0.05) is 24.3 Å². The Bertz CT molecular complexity index is 323. The molecule has 1 aromatic rings. The molecular formula is C10H15N3O. The predicted octanol–water partition coefficient (Wildman–Crippen LogP) is 0.679. The van der Waals surface area contributed by atoms with E-state index < -0.39 is 0 Å². The molecule has 1 amide bonds. The number of carbonyl (C=O) groups is 1. The predicted molar refractivity (Wildman–Crippen MR) is 54.7 cm³/mol. The lowest BCUT2D eigenvalue weighted by Gasteiger charge is -2.08. The zero-order chi connectivity index (χ0) is 10.6. The highest BCUT2D eigenvalue weighted by atomic mass is 16.1. The van der Waals surface area contributed by atoms with Crippen LogP contribution < -0.4 is 11.1 Å². The molecule has 0 unspecified atom stereocenters. The van der Waals surface area contributed by atoms with Crippen LogP contribution in [0, 0.1) is 0 Å². The maximum Gasteiger partial charge on any atom is 0.251 e. The number of nitrogens with zero attached hydrogens (tertiary/aromatic N) is 1. The molecule has 1 heterocycles. The molecule has 4 heteroatoms. The summed E-state index contributed by atoms with van der Waals surface area (Å²) in [5.74, 6) is -0.0860.